The molecule has 1 aliphatic carbocycles. The van der Waals surface area contributed by atoms with Crippen LogP contribution in [-0.2, 0) is 11.0 Å². The number of rotatable bonds is 9. The summed E-state index contributed by atoms with van der Waals surface area (Å²) in [6.07, 6.45) is 10.2. The fraction of sp³-hybridized carbons (Fsp3) is 0.294. The molecule has 3 aliphatic rings. The maximum absolute atomic E-state index is 7.71. The molecule has 284 valence electrons. The van der Waals surface area contributed by atoms with E-state index in [1.54, 1.807) is 21.3 Å². The van der Waals surface area contributed by atoms with E-state index in [-0.39, 0.29) is 5.41 Å². The molecule has 9 rings (SSSR count). The summed E-state index contributed by atoms with van der Waals surface area (Å²) < 4.78 is 25.2. The zero-order valence-electron chi connectivity index (χ0n) is 33.5. The Labute approximate surface area is 331 Å². The molecule has 0 atom stereocenters. The zero-order valence-corrected chi connectivity index (χ0v) is 33.5. The van der Waals surface area contributed by atoms with Gasteiger partial charge in [-0.15, -0.1) is 0 Å². The van der Waals surface area contributed by atoms with Crippen molar-refractivity contribution in [1.29, 1.82) is 0 Å². The highest BCUT2D eigenvalue weighted by Gasteiger charge is 2.47. The van der Waals surface area contributed by atoms with Gasteiger partial charge in [-0.2, -0.15) is 0 Å². The van der Waals surface area contributed by atoms with Crippen molar-refractivity contribution in [1.82, 2.24) is 0 Å². The van der Waals surface area contributed by atoms with E-state index < -0.39 is 5.60 Å². The zero-order chi connectivity index (χ0) is 38.6. The molecule has 5 heteroatoms. The lowest BCUT2D eigenvalue weighted by Gasteiger charge is -2.39. The van der Waals surface area contributed by atoms with Crippen molar-refractivity contribution < 1.29 is 18.9 Å². The van der Waals surface area contributed by atoms with Crippen LogP contribution < -0.4 is 23.8 Å². The van der Waals surface area contributed by atoms with Crippen LogP contribution in [0.25, 0.3) is 39.1 Å². The minimum atomic E-state index is -0.920. The van der Waals surface area contributed by atoms with E-state index in [4.69, 9.17) is 18.9 Å². The molecular formula is C51H51NO4. The van der Waals surface area contributed by atoms with Crippen molar-refractivity contribution in [3.05, 3.63) is 143 Å². The SMILES string of the molecule is CCC1(CC)c2cc(-c3ccc(C)cc3)ccc2-c2c1c1c(c3cc(OC)c(N4CCCCC4)cc23)OC(c2ccc(OC)cc2)(c2ccc(OC)cc2)C=C1. The Morgan fingerprint density at radius 2 is 1.29 bits per heavy atom. The lowest BCUT2D eigenvalue weighted by molar-refractivity contribution is 0.163. The van der Waals surface area contributed by atoms with Crippen LogP contribution >= 0.6 is 0 Å². The van der Waals surface area contributed by atoms with Crippen LogP contribution in [0.15, 0.2) is 109 Å². The van der Waals surface area contributed by atoms with Crippen LogP contribution in [0, 0.1) is 6.92 Å². The van der Waals surface area contributed by atoms with Gasteiger partial charge in [-0.1, -0.05) is 86.2 Å². The Bertz CT molecular complexity index is 2400. The maximum Gasteiger partial charge on any atom is 0.178 e. The molecule has 56 heavy (non-hydrogen) atoms. The number of aryl methyl sites for hydroxylation is 1. The highest BCUT2D eigenvalue weighted by Crippen LogP contribution is 2.61. The van der Waals surface area contributed by atoms with Gasteiger partial charge < -0.3 is 23.8 Å². The van der Waals surface area contributed by atoms with Crippen LogP contribution in [0.1, 0.15) is 79.3 Å². The topological polar surface area (TPSA) is 40.2 Å². The lowest BCUT2D eigenvalue weighted by atomic mass is 9.70. The molecule has 0 radical (unpaired) electrons. The monoisotopic (exact) mass is 741 g/mol. The van der Waals surface area contributed by atoms with Crippen LogP contribution in [0.5, 0.6) is 23.0 Å². The number of hydrogen-bond acceptors (Lipinski definition) is 5. The molecule has 1 saturated heterocycles. The quantitative estimate of drug-likeness (QED) is 0.148. The van der Waals surface area contributed by atoms with Crippen molar-refractivity contribution in [3.8, 4) is 45.3 Å². The number of methoxy groups -OCH3 is 3. The smallest absolute Gasteiger partial charge is 0.178 e. The summed E-state index contributed by atoms with van der Waals surface area (Å²) in [5.74, 6) is 3.37. The van der Waals surface area contributed by atoms with Gasteiger partial charge in [0.15, 0.2) is 5.60 Å². The van der Waals surface area contributed by atoms with Crippen LogP contribution in [0.2, 0.25) is 0 Å². The molecular weight excluding hydrogens is 691 g/mol. The normalized spacial score (nSPS) is 16.1. The second-order valence-electron chi connectivity index (χ2n) is 15.7. The van der Waals surface area contributed by atoms with E-state index in [1.807, 2.05) is 24.3 Å². The number of fused-ring (bicyclic) bond motifs is 8. The fourth-order valence-electron chi connectivity index (χ4n) is 9.84. The molecule has 0 saturated carbocycles. The summed E-state index contributed by atoms with van der Waals surface area (Å²) in [6.45, 7) is 8.92. The first-order valence-electron chi connectivity index (χ1n) is 20.2. The Morgan fingerprint density at radius 1 is 0.661 bits per heavy atom. The van der Waals surface area contributed by atoms with Gasteiger partial charge in [0.25, 0.3) is 0 Å². The molecule has 1 fully saturated rings. The summed E-state index contributed by atoms with van der Waals surface area (Å²) in [4.78, 5) is 2.52. The average Bonchev–Trinajstić information content (AvgIpc) is 3.56. The third-order valence-corrected chi connectivity index (χ3v) is 13.0. The number of benzene rings is 6. The summed E-state index contributed by atoms with van der Waals surface area (Å²) in [5, 5.41) is 2.27. The molecule has 5 nitrogen and oxygen atoms in total. The molecule has 0 amide bonds. The Balaban J connectivity index is 1.35. The van der Waals surface area contributed by atoms with E-state index in [9.17, 15) is 0 Å². The largest absolute Gasteiger partial charge is 0.497 e. The third kappa shape index (κ3) is 5.50. The number of ether oxygens (including phenoxy) is 4. The standard InChI is InChI=1S/C51H51NO4/c1-7-50(8-2)44-30-35(34-14-12-33(3)13-15-34)16-25-40(44)47-42-31-45(52-28-10-9-11-29-52)46(55-6)32-43(42)49-41(48(47)50)26-27-51(56-49,36-17-21-38(53-4)22-18-36)37-19-23-39(54-5)24-20-37/h12-27,30-32H,7-11,28-29H2,1-6H3. The predicted molar refractivity (Wildman–Crippen MR) is 230 cm³/mol. The first-order chi connectivity index (χ1) is 27.4. The predicted octanol–water partition coefficient (Wildman–Crippen LogP) is 12.3. The van der Waals surface area contributed by atoms with Gasteiger partial charge >= 0.3 is 0 Å². The van der Waals surface area contributed by atoms with Crippen molar-refractivity contribution >= 4 is 22.5 Å². The lowest BCUT2D eigenvalue weighted by Crippen LogP contribution is -2.35. The van der Waals surface area contributed by atoms with Crippen LogP contribution in [0.3, 0.4) is 0 Å². The number of anilines is 1. The number of hydrogen-bond donors (Lipinski definition) is 0. The second kappa shape index (κ2) is 14.1. The summed E-state index contributed by atoms with van der Waals surface area (Å²) in [7, 11) is 5.21. The van der Waals surface area contributed by atoms with Gasteiger partial charge in [-0.25, -0.2) is 0 Å². The Hall–Kier alpha value is -5.68. The van der Waals surface area contributed by atoms with Crippen molar-refractivity contribution in [2.75, 3.05) is 39.3 Å². The van der Waals surface area contributed by atoms with E-state index in [0.717, 1.165) is 76.7 Å². The van der Waals surface area contributed by atoms with Crippen molar-refractivity contribution in [3.63, 3.8) is 0 Å². The van der Waals surface area contributed by atoms with E-state index in [1.165, 1.54) is 63.6 Å². The Morgan fingerprint density at radius 3 is 1.88 bits per heavy atom. The average molecular weight is 742 g/mol. The van der Waals surface area contributed by atoms with Gasteiger partial charge in [-0.3, -0.25) is 0 Å². The molecule has 0 bridgehead atoms. The highest BCUT2D eigenvalue weighted by atomic mass is 16.5. The van der Waals surface area contributed by atoms with E-state index in [2.05, 4.69) is 117 Å². The van der Waals surface area contributed by atoms with Crippen molar-refractivity contribution in [2.45, 2.75) is 63.9 Å². The van der Waals surface area contributed by atoms with Gasteiger partial charge in [-0.05, 0) is 126 Å². The van der Waals surface area contributed by atoms with Crippen LogP contribution in [-0.4, -0.2) is 34.4 Å². The van der Waals surface area contributed by atoms with Gasteiger partial charge in [0, 0.05) is 40.6 Å². The molecule has 2 aliphatic heterocycles. The molecule has 0 spiro atoms. The minimum absolute atomic E-state index is 0.219. The van der Waals surface area contributed by atoms with Gasteiger partial charge in [0.2, 0.25) is 0 Å². The molecule has 0 aromatic heterocycles. The van der Waals surface area contributed by atoms with Crippen LogP contribution in [0.4, 0.5) is 5.69 Å². The highest BCUT2D eigenvalue weighted by molar-refractivity contribution is 6.10. The number of piperidine rings is 1. The maximum atomic E-state index is 7.71. The first-order valence-corrected chi connectivity index (χ1v) is 20.2. The molecule has 0 N–H and O–H groups in total. The van der Waals surface area contributed by atoms with Crippen molar-refractivity contribution in [2.24, 2.45) is 0 Å². The first kappa shape index (κ1) is 36.0. The second-order valence-corrected chi connectivity index (χ2v) is 15.7. The molecule has 0 unspecified atom stereocenters. The number of nitrogens with zero attached hydrogens (tertiary/aromatic N) is 1. The summed E-state index contributed by atoms with van der Waals surface area (Å²) >= 11 is 0. The molecule has 6 aromatic carbocycles. The van der Waals surface area contributed by atoms with Gasteiger partial charge in [0.05, 0.1) is 27.0 Å². The van der Waals surface area contributed by atoms with Gasteiger partial charge in [0.1, 0.15) is 23.0 Å². The van der Waals surface area contributed by atoms with E-state index >= 15 is 0 Å². The molecule has 6 aromatic rings. The van der Waals surface area contributed by atoms with E-state index in [0.29, 0.717) is 0 Å². The summed E-state index contributed by atoms with van der Waals surface area (Å²) in [5.41, 5.74) is 12.4. The minimum Gasteiger partial charge on any atom is -0.497 e. The third-order valence-electron chi connectivity index (χ3n) is 13.0. The Kier molecular flexibility index (Phi) is 9.07. The molecule has 2 heterocycles. The summed E-state index contributed by atoms with van der Waals surface area (Å²) in [6, 6.07) is 37.3. The fourth-order valence-corrected chi connectivity index (χ4v) is 9.84.